The average Bonchev–Trinajstić information content (AvgIpc) is 3.05. The Bertz CT molecular complexity index is 753. The molecular formula is C16H19N5O3S. The van der Waals surface area contributed by atoms with Crippen molar-refractivity contribution >= 4 is 28.1 Å². The molecule has 2 heterocycles. The highest BCUT2D eigenvalue weighted by atomic mass is 32.1. The largest absolute Gasteiger partial charge is 0.304 e. The first-order chi connectivity index (χ1) is 12.0. The molecule has 1 aliphatic heterocycles. The van der Waals surface area contributed by atoms with Crippen LogP contribution in [-0.2, 0) is 4.79 Å². The van der Waals surface area contributed by atoms with Crippen LogP contribution in [0.5, 0.6) is 0 Å². The molecule has 132 valence electrons. The maximum atomic E-state index is 12.2. The summed E-state index contributed by atoms with van der Waals surface area (Å²) in [7, 11) is 2.08. The highest BCUT2D eigenvalue weighted by Crippen LogP contribution is 2.26. The average molecular weight is 361 g/mol. The molecule has 0 bridgehead atoms. The fourth-order valence-electron chi connectivity index (χ4n) is 2.59. The van der Waals surface area contributed by atoms with Crippen molar-refractivity contribution in [1.29, 1.82) is 0 Å². The molecule has 0 saturated carbocycles. The molecule has 0 radical (unpaired) electrons. The second-order valence-corrected chi connectivity index (χ2v) is 6.83. The summed E-state index contributed by atoms with van der Waals surface area (Å²) in [5.74, 6) is -0.0749. The number of benzene rings is 1. The van der Waals surface area contributed by atoms with Gasteiger partial charge in [-0.2, -0.15) is 0 Å². The number of piperazine rings is 1. The van der Waals surface area contributed by atoms with Gasteiger partial charge in [-0.3, -0.25) is 19.8 Å². The molecule has 0 spiro atoms. The first-order valence-electron chi connectivity index (χ1n) is 7.92. The van der Waals surface area contributed by atoms with Crippen LogP contribution in [0.3, 0.4) is 0 Å². The first-order valence-corrected chi connectivity index (χ1v) is 8.80. The molecule has 8 nitrogen and oxygen atoms in total. The normalized spacial score (nSPS) is 15.9. The quantitative estimate of drug-likeness (QED) is 0.646. The smallest absolute Gasteiger partial charge is 0.269 e. The van der Waals surface area contributed by atoms with E-state index in [1.807, 2.05) is 5.38 Å². The molecule has 1 saturated heterocycles. The standard InChI is InChI=1S/C16H19N5O3S/c1-19-6-8-20(9-7-19)10-15(22)18-16-17-14(11-25-16)12-2-4-13(5-3-12)21(23)24/h2-5,11H,6-10H2,1H3,(H,17,18,22). The van der Waals surface area contributed by atoms with Crippen molar-refractivity contribution in [3.8, 4) is 11.3 Å². The van der Waals surface area contributed by atoms with E-state index in [4.69, 9.17) is 0 Å². The van der Waals surface area contributed by atoms with Crippen molar-refractivity contribution in [2.45, 2.75) is 0 Å². The van der Waals surface area contributed by atoms with Gasteiger partial charge < -0.3 is 10.2 Å². The molecule has 0 unspecified atom stereocenters. The number of nitrogens with one attached hydrogen (secondary N) is 1. The van der Waals surface area contributed by atoms with Gasteiger partial charge in [0, 0.05) is 49.3 Å². The lowest BCUT2D eigenvalue weighted by Crippen LogP contribution is -2.47. The van der Waals surface area contributed by atoms with Crippen LogP contribution < -0.4 is 5.32 Å². The molecule has 2 aromatic rings. The monoisotopic (exact) mass is 361 g/mol. The van der Waals surface area contributed by atoms with E-state index >= 15 is 0 Å². The van der Waals surface area contributed by atoms with Crippen molar-refractivity contribution in [1.82, 2.24) is 14.8 Å². The van der Waals surface area contributed by atoms with Crippen molar-refractivity contribution in [3.05, 3.63) is 39.8 Å². The maximum absolute atomic E-state index is 12.2. The Labute approximate surface area is 149 Å². The Morgan fingerprint density at radius 1 is 1.28 bits per heavy atom. The molecule has 1 aliphatic rings. The summed E-state index contributed by atoms with van der Waals surface area (Å²) in [6, 6.07) is 6.20. The van der Waals surface area contributed by atoms with E-state index in [0.717, 1.165) is 31.7 Å². The zero-order chi connectivity index (χ0) is 17.8. The fourth-order valence-corrected chi connectivity index (χ4v) is 3.32. The Kier molecular flexibility index (Phi) is 5.37. The number of rotatable bonds is 5. The first kappa shape index (κ1) is 17.5. The van der Waals surface area contributed by atoms with E-state index in [9.17, 15) is 14.9 Å². The molecular weight excluding hydrogens is 342 g/mol. The third-order valence-corrected chi connectivity index (χ3v) is 4.85. The van der Waals surface area contributed by atoms with Gasteiger partial charge in [0.25, 0.3) is 5.69 Å². The molecule has 1 N–H and O–H groups in total. The predicted molar refractivity (Wildman–Crippen MR) is 96.8 cm³/mol. The summed E-state index contributed by atoms with van der Waals surface area (Å²) < 4.78 is 0. The summed E-state index contributed by atoms with van der Waals surface area (Å²) in [5.41, 5.74) is 1.51. The molecule has 1 aromatic carbocycles. The lowest BCUT2D eigenvalue weighted by molar-refractivity contribution is -0.384. The lowest BCUT2D eigenvalue weighted by Gasteiger charge is -2.31. The van der Waals surface area contributed by atoms with E-state index < -0.39 is 4.92 Å². The molecule has 25 heavy (non-hydrogen) atoms. The molecule has 1 amide bonds. The minimum absolute atomic E-state index is 0.0414. The van der Waals surface area contributed by atoms with Gasteiger partial charge in [-0.25, -0.2) is 4.98 Å². The Hall–Kier alpha value is -2.36. The van der Waals surface area contributed by atoms with Gasteiger partial charge in [0.05, 0.1) is 17.2 Å². The number of non-ortho nitro benzene ring substituents is 1. The number of carbonyl (C=O) groups is 1. The number of anilines is 1. The van der Waals surface area contributed by atoms with Crippen molar-refractivity contribution in [2.75, 3.05) is 45.1 Å². The number of hydrogen-bond acceptors (Lipinski definition) is 7. The number of hydrogen-bond donors (Lipinski definition) is 1. The van der Waals surface area contributed by atoms with Crippen LogP contribution in [0.4, 0.5) is 10.8 Å². The van der Waals surface area contributed by atoms with Crippen LogP contribution in [0.2, 0.25) is 0 Å². The van der Waals surface area contributed by atoms with Crippen molar-refractivity contribution in [2.24, 2.45) is 0 Å². The molecule has 9 heteroatoms. The van der Waals surface area contributed by atoms with E-state index in [0.29, 0.717) is 17.4 Å². The van der Waals surface area contributed by atoms with Crippen LogP contribution in [-0.4, -0.2) is 65.4 Å². The van der Waals surface area contributed by atoms with Gasteiger partial charge in [-0.1, -0.05) is 0 Å². The number of carbonyl (C=O) groups excluding carboxylic acids is 1. The van der Waals surface area contributed by atoms with E-state index in [2.05, 4.69) is 27.1 Å². The van der Waals surface area contributed by atoms with Crippen LogP contribution in [0.25, 0.3) is 11.3 Å². The SMILES string of the molecule is CN1CCN(CC(=O)Nc2nc(-c3ccc([N+](=O)[O-])cc3)cs2)CC1. The number of thiazole rings is 1. The van der Waals surface area contributed by atoms with E-state index in [-0.39, 0.29) is 11.6 Å². The van der Waals surface area contributed by atoms with Gasteiger partial charge >= 0.3 is 0 Å². The van der Waals surface area contributed by atoms with Crippen LogP contribution in [0.15, 0.2) is 29.6 Å². The zero-order valence-corrected chi connectivity index (χ0v) is 14.7. The Morgan fingerprint density at radius 2 is 1.96 bits per heavy atom. The van der Waals surface area contributed by atoms with Gasteiger partial charge in [0.15, 0.2) is 5.13 Å². The summed E-state index contributed by atoms with van der Waals surface area (Å²) in [6.07, 6.45) is 0. The van der Waals surface area contributed by atoms with Crippen molar-refractivity contribution < 1.29 is 9.72 Å². The molecule has 1 aromatic heterocycles. The Morgan fingerprint density at radius 3 is 2.60 bits per heavy atom. The van der Waals surface area contributed by atoms with E-state index in [1.165, 1.54) is 23.5 Å². The number of aromatic nitrogens is 1. The number of likely N-dealkylation sites (N-methyl/N-ethyl adjacent to an activating group) is 1. The number of nitro groups is 1. The second kappa shape index (κ2) is 7.68. The number of nitro benzene ring substituents is 1. The van der Waals surface area contributed by atoms with Crippen LogP contribution in [0, 0.1) is 10.1 Å². The summed E-state index contributed by atoms with van der Waals surface area (Å²) >= 11 is 1.34. The second-order valence-electron chi connectivity index (χ2n) is 5.97. The van der Waals surface area contributed by atoms with Gasteiger partial charge in [-0.15, -0.1) is 11.3 Å². The summed E-state index contributed by atoms with van der Waals surface area (Å²) in [6.45, 7) is 4.07. The predicted octanol–water partition coefficient (Wildman–Crippen LogP) is 1.90. The third-order valence-electron chi connectivity index (χ3n) is 4.09. The third kappa shape index (κ3) is 4.59. The van der Waals surface area contributed by atoms with Gasteiger partial charge in [0.1, 0.15) is 0 Å². The van der Waals surface area contributed by atoms with Crippen molar-refractivity contribution in [3.63, 3.8) is 0 Å². The summed E-state index contributed by atoms with van der Waals surface area (Å²) in [4.78, 5) is 31.2. The van der Waals surface area contributed by atoms with Gasteiger partial charge in [0.2, 0.25) is 5.91 Å². The number of nitrogens with zero attached hydrogens (tertiary/aromatic N) is 4. The molecule has 0 atom stereocenters. The molecule has 0 aliphatic carbocycles. The van der Waals surface area contributed by atoms with Crippen LogP contribution in [0.1, 0.15) is 0 Å². The topological polar surface area (TPSA) is 91.6 Å². The summed E-state index contributed by atoms with van der Waals surface area (Å²) in [5, 5.41) is 15.9. The van der Waals surface area contributed by atoms with Crippen LogP contribution >= 0.6 is 11.3 Å². The van der Waals surface area contributed by atoms with Gasteiger partial charge in [-0.05, 0) is 19.2 Å². The highest BCUT2D eigenvalue weighted by Gasteiger charge is 2.17. The Balaban J connectivity index is 1.57. The minimum Gasteiger partial charge on any atom is -0.304 e. The lowest BCUT2D eigenvalue weighted by atomic mass is 10.1. The zero-order valence-electron chi connectivity index (χ0n) is 13.8. The maximum Gasteiger partial charge on any atom is 0.269 e. The fraction of sp³-hybridized carbons (Fsp3) is 0.375. The highest BCUT2D eigenvalue weighted by molar-refractivity contribution is 7.14. The van der Waals surface area contributed by atoms with E-state index in [1.54, 1.807) is 12.1 Å². The molecule has 1 fully saturated rings. The minimum atomic E-state index is -0.436. The number of amides is 1. The molecule has 3 rings (SSSR count).